The lowest BCUT2D eigenvalue weighted by Crippen LogP contribution is -2.37. The van der Waals surface area contributed by atoms with Crippen molar-refractivity contribution in [3.8, 4) is 0 Å². The molecule has 1 aromatic rings. The maximum Gasteiger partial charge on any atom is 0.255 e. The number of rotatable bonds is 1. The molecule has 0 atom stereocenters. The van der Waals surface area contributed by atoms with Crippen molar-refractivity contribution in [2.75, 3.05) is 13.1 Å². The summed E-state index contributed by atoms with van der Waals surface area (Å²) >= 11 is 0. The van der Waals surface area contributed by atoms with Crippen molar-refractivity contribution in [3.05, 3.63) is 29.6 Å². The molecule has 100 valence electrons. The number of carbonyl (C=O) groups is 1. The van der Waals surface area contributed by atoms with Gasteiger partial charge in [-0.05, 0) is 37.8 Å². The smallest absolute Gasteiger partial charge is 0.255 e. The number of hydrogen-bond acceptors (Lipinski definition) is 2. The second-order valence-electron chi connectivity index (χ2n) is 4.66. The summed E-state index contributed by atoms with van der Waals surface area (Å²) in [6, 6.07) is 3.75. The van der Waals surface area contributed by atoms with Gasteiger partial charge in [0.05, 0.1) is 5.56 Å². The van der Waals surface area contributed by atoms with Crippen LogP contribution in [0.15, 0.2) is 18.3 Å². The largest absolute Gasteiger partial charge is 0.339 e. The third-order valence-corrected chi connectivity index (χ3v) is 3.23. The molecule has 0 bridgehead atoms. The molecule has 2 heterocycles. The normalized spacial score (nSPS) is 15.9. The van der Waals surface area contributed by atoms with Crippen LogP contribution in [-0.4, -0.2) is 28.9 Å². The van der Waals surface area contributed by atoms with E-state index in [4.69, 9.17) is 0 Å². The molecule has 0 N–H and O–H groups in total. The molecule has 1 fully saturated rings. The van der Waals surface area contributed by atoms with Gasteiger partial charge in [0.25, 0.3) is 5.91 Å². The number of likely N-dealkylation sites (tertiary alicyclic amines) is 1. The standard InChI is InChI=1S/C13H18N2O.C2H6/c1-10-5-7-15(8-6-10)13(16)12-4-3-11(2)14-9-12;1-2/h3-4,9-10H,5-8H2,1-2H3;1-2H3. The topological polar surface area (TPSA) is 33.2 Å². The van der Waals surface area contributed by atoms with E-state index < -0.39 is 0 Å². The Morgan fingerprint density at radius 1 is 1.28 bits per heavy atom. The minimum absolute atomic E-state index is 0.124. The molecular weight excluding hydrogens is 224 g/mol. The highest BCUT2D eigenvalue weighted by atomic mass is 16.2. The number of nitrogens with zero attached hydrogens (tertiary/aromatic N) is 2. The van der Waals surface area contributed by atoms with Gasteiger partial charge in [-0.1, -0.05) is 20.8 Å². The number of carbonyl (C=O) groups excluding carboxylic acids is 1. The van der Waals surface area contributed by atoms with Gasteiger partial charge in [0, 0.05) is 25.0 Å². The van der Waals surface area contributed by atoms with E-state index in [9.17, 15) is 4.79 Å². The first-order valence-corrected chi connectivity index (χ1v) is 6.89. The molecule has 2 rings (SSSR count). The molecule has 1 aromatic heterocycles. The van der Waals surface area contributed by atoms with E-state index in [0.717, 1.165) is 37.5 Å². The van der Waals surface area contributed by atoms with Crippen LogP contribution in [0.4, 0.5) is 0 Å². The lowest BCUT2D eigenvalue weighted by Gasteiger charge is -2.30. The zero-order valence-electron chi connectivity index (χ0n) is 11.9. The summed E-state index contributed by atoms with van der Waals surface area (Å²) in [6.07, 6.45) is 3.91. The van der Waals surface area contributed by atoms with Crippen molar-refractivity contribution >= 4 is 5.91 Å². The maximum absolute atomic E-state index is 12.1. The molecule has 3 nitrogen and oxygen atoms in total. The van der Waals surface area contributed by atoms with Crippen LogP contribution in [-0.2, 0) is 0 Å². The minimum Gasteiger partial charge on any atom is -0.339 e. The lowest BCUT2D eigenvalue weighted by atomic mass is 9.99. The van der Waals surface area contributed by atoms with Gasteiger partial charge in [0.15, 0.2) is 0 Å². The first-order valence-electron chi connectivity index (χ1n) is 6.89. The fourth-order valence-corrected chi connectivity index (χ4v) is 1.99. The molecule has 18 heavy (non-hydrogen) atoms. The van der Waals surface area contributed by atoms with Crippen molar-refractivity contribution in [1.82, 2.24) is 9.88 Å². The van der Waals surface area contributed by atoms with Gasteiger partial charge in [0.1, 0.15) is 0 Å². The summed E-state index contributed by atoms with van der Waals surface area (Å²) in [5.41, 5.74) is 1.66. The van der Waals surface area contributed by atoms with E-state index in [1.807, 2.05) is 37.8 Å². The van der Waals surface area contributed by atoms with Gasteiger partial charge < -0.3 is 4.90 Å². The third kappa shape index (κ3) is 3.83. The number of hydrogen-bond donors (Lipinski definition) is 0. The van der Waals surface area contributed by atoms with Crippen molar-refractivity contribution < 1.29 is 4.79 Å². The van der Waals surface area contributed by atoms with E-state index in [0.29, 0.717) is 5.56 Å². The fourth-order valence-electron chi connectivity index (χ4n) is 1.99. The Kier molecular flexibility index (Phi) is 5.83. The second kappa shape index (κ2) is 7.14. The predicted octanol–water partition coefficient (Wildman–Crippen LogP) is 3.29. The van der Waals surface area contributed by atoms with Crippen LogP contribution in [0.25, 0.3) is 0 Å². The number of piperidine rings is 1. The quantitative estimate of drug-likeness (QED) is 0.764. The molecule has 1 aliphatic rings. The first-order chi connectivity index (χ1) is 8.66. The van der Waals surface area contributed by atoms with Gasteiger partial charge >= 0.3 is 0 Å². The summed E-state index contributed by atoms with van der Waals surface area (Å²) in [7, 11) is 0. The zero-order valence-corrected chi connectivity index (χ0v) is 11.9. The van der Waals surface area contributed by atoms with Crippen LogP contribution in [0.2, 0.25) is 0 Å². The number of pyridine rings is 1. The van der Waals surface area contributed by atoms with Gasteiger partial charge in [-0.25, -0.2) is 0 Å². The second-order valence-corrected chi connectivity index (χ2v) is 4.66. The van der Waals surface area contributed by atoms with Crippen molar-refractivity contribution in [2.24, 2.45) is 5.92 Å². The molecule has 0 unspecified atom stereocenters. The third-order valence-electron chi connectivity index (χ3n) is 3.23. The van der Waals surface area contributed by atoms with E-state index >= 15 is 0 Å². The maximum atomic E-state index is 12.1. The van der Waals surface area contributed by atoms with Gasteiger partial charge in [-0.2, -0.15) is 0 Å². The molecule has 0 spiro atoms. The van der Waals surface area contributed by atoms with Crippen LogP contribution in [0.3, 0.4) is 0 Å². The van der Waals surface area contributed by atoms with Gasteiger partial charge in [-0.3, -0.25) is 9.78 Å². The van der Waals surface area contributed by atoms with Crippen LogP contribution < -0.4 is 0 Å². The number of aromatic nitrogens is 1. The molecule has 0 radical (unpaired) electrons. The minimum atomic E-state index is 0.124. The molecule has 1 saturated heterocycles. The van der Waals surface area contributed by atoms with Crippen LogP contribution in [0, 0.1) is 12.8 Å². The summed E-state index contributed by atoms with van der Waals surface area (Å²) < 4.78 is 0. The molecule has 1 amide bonds. The van der Waals surface area contributed by atoms with Crippen molar-refractivity contribution in [1.29, 1.82) is 0 Å². The molecule has 0 saturated carbocycles. The molecule has 0 aromatic carbocycles. The first kappa shape index (κ1) is 14.7. The van der Waals surface area contributed by atoms with Crippen LogP contribution >= 0.6 is 0 Å². The summed E-state index contributed by atoms with van der Waals surface area (Å²) in [6.45, 7) is 9.94. The van der Waals surface area contributed by atoms with E-state index in [2.05, 4.69) is 11.9 Å². The van der Waals surface area contributed by atoms with Crippen molar-refractivity contribution in [3.63, 3.8) is 0 Å². The Hall–Kier alpha value is -1.38. The lowest BCUT2D eigenvalue weighted by molar-refractivity contribution is 0.0697. The Labute approximate surface area is 110 Å². The molecular formula is C15H24N2O. The Morgan fingerprint density at radius 3 is 2.39 bits per heavy atom. The average Bonchev–Trinajstić information content (AvgIpc) is 2.42. The molecule has 1 aliphatic heterocycles. The highest BCUT2D eigenvalue weighted by Crippen LogP contribution is 2.17. The summed E-state index contributed by atoms with van der Waals surface area (Å²) in [5, 5.41) is 0. The Morgan fingerprint density at radius 2 is 1.89 bits per heavy atom. The Balaban J connectivity index is 0.000000771. The van der Waals surface area contributed by atoms with Crippen LogP contribution in [0.5, 0.6) is 0 Å². The van der Waals surface area contributed by atoms with E-state index in [1.54, 1.807) is 6.20 Å². The van der Waals surface area contributed by atoms with Crippen LogP contribution in [0.1, 0.15) is 49.7 Å². The Bertz CT molecular complexity index is 365. The number of amides is 1. The average molecular weight is 248 g/mol. The zero-order chi connectivity index (χ0) is 13.5. The highest BCUT2D eigenvalue weighted by Gasteiger charge is 2.21. The summed E-state index contributed by atoms with van der Waals surface area (Å²) in [5.74, 6) is 0.875. The van der Waals surface area contributed by atoms with Crippen molar-refractivity contribution in [2.45, 2.75) is 40.5 Å². The van der Waals surface area contributed by atoms with Gasteiger partial charge in [0.2, 0.25) is 0 Å². The summed E-state index contributed by atoms with van der Waals surface area (Å²) in [4.78, 5) is 18.2. The molecule has 3 heteroatoms. The highest BCUT2D eigenvalue weighted by molar-refractivity contribution is 5.93. The monoisotopic (exact) mass is 248 g/mol. The predicted molar refractivity (Wildman–Crippen MR) is 74.6 cm³/mol. The van der Waals surface area contributed by atoms with E-state index in [-0.39, 0.29) is 5.91 Å². The van der Waals surface area contributed by atoms with Gasteiger partial charge in [-0.15, -0.1) is 0 Å². The van der Waals surface area contributed by atoms with E-state index in [1.165, 1.54) is 0 Å². The SMILES string of the molecule is CC.Cc1ccc(C(=O)N2CCC(C)CC2)cn1. The number of aryl methyl sites for hydroxylation is 1. The molecule has 0 aliphatic carbocycles. The fraction of sp³-hybridized carbons (Fsp3) is 0.600.